The van der Waals surface area contributed by atoms with Crippen molar-refractivity contribution in [2.75, 3.05) is 14.2 Å². The normalized spacial score (nSPS) is 9.61. The molecule has 0 amide bonds. The molecule has 2 rings (SSSR count). The van der Waals surface area contributed by atoms with Crippen molar-refractivity contribution in [3.05, 3.63) is 42.2 Å². The lowest BCUT2D eigenvalue weighted by Crippen LogP contribution is -1.92. The highest BCUT2D eigenvalue weighted by molar-refractivity contribution is 5.71. The Morgan fingerprint density at radius 1 is 1.11 bits per heavy atom. The number of nitriles is 1. The second kappa shape index (κ2) is 5.19. The van der Waals surface area contributed by atoms with Gasteiger partial charge < -0.3 is 9.47 Å². The SMILES string of the molecule is COc1ccc(-c2cnccc2C#N)cc1OC. The molecule has 0 N–H and O–H groups in total. The summed E-state index contributed by atoms with van der Waals surface area (Å²) in [6, 6.07) is 9.35. The number of benzene rings is 1. The fourth-order valence-corrected chi connectivity index (χ4v) is 1.73. The van der Waals surface area contributed by atoms with Gasteiger partial charge in [0.1, 0.15) is 0 Å². The van der Waals surface area contributed by atoms with Crippen molar-refractivity contribution in [3.63, 3.8) is 0 Å². The van der Waals surface area contributed by atoms with E-state index < -0.39 is 0 Å². The monoisotopic (exact) mass is 240 g/mol. The molecule has 0 unspecified atom stereocenters. The van der Waals surface area contributed by atoms with Crippen molar-refractivity contribution >= 4 is 0 Å². The smallest absolute Gasteiger partial charge is 0.161 e. The second-order valence-corrected chi connectivity index (χ2v) is 3.60. The van der Waals surface area contributed by atoms with Crippen LogP contribution in [0, 0.1) is 11.3 Å². The molecule has 4 nitrogen and oxygen atoms in total. The minimum atomic E-state index is 0.581. The number of pyridine rings is 1. The molecule has 0 atom stereocenters. The van der Waals surface area contributed by atoms with Crippen LogP contribution in [-0.4, -0.2) is 19.2 Å². The summed E-state index contributed by atoms with van der Waals surface area (Å²) in [5, 5.41) is 9.07. The van der Waals surface area contributed by atoms with E-state index in [0.717, 1.165) is 11.1 Å². The first-order chi connectivity index (χ1) is 8.80. The number of methoxy groups -OCH3 is 2. The van der Waals surface area contributed by atoms with Crippen LogP contribution in [0.4, 0.5) is 0 Å². The summed E-state index contributed by atoms with van der Waals surface area (Å²) in [6.07, 6.45) is 3.27. The first kappa shape index (κ1) is 11.9. The maximum absolute atomic E-state index is 9.07. The zero-order valence-corrected chi connectivity index (χ0v) is 10.2. The highest BCUT2D eigenvalue weighted by Gasteiger charge is 2.09. The summed E-state index contributed by atoms with van der Waals surface area (Å²) in [7, 11) is 3.17. The number of hydrogen-bond donors (Lipinski definition) is 0. The van der Waals surface area contributed by atoms with E-state index in [0.29, 0.717) is 17.1 Å². The number of nitrogens with zero attached hydrogens (tertiary/aromatic N) is 2. The van der Waals surface area contributed by atoms with Gasteiger partial charge in [-0.2, -0.15) is 5.26 Å². The minimum Gasteiger partial charge on any atom is -0.493 e. The van der Waals surface area contributed by atoms with Crippen molar-refractivity contribution < 1.29 is 9.47 Å². The molecule has 0 aliphatic heterocycles. The van der Waals surface area contributed by atoms with Gasteiger partial charge in [-0.3, -0.25) is 4.98 Å². The Kier molecular flexibility index (Phi) is 3.44. The third-order valence-corrected chi connectivity index (χ3v) is 2.64. The van der Waals surface area contributed by atoms with Crippen molar-refractivity contribution in [2.45, 2.75) is 0 Å². The molecular formula is C14H12N2O2. The summed E-state index contributed by atoms with van der Waals surface area (Å²) in [5.74, 6) is 1.28. The number of ether oxygens (including phenoxy) is 2. The van der Waals surface area contributed by atoms with E-state index in [1.165, 1.54) is 0 Å². The van der Waals surface area contributed by atoms with E-state index in [-0.39, 0.29) is 0 Å². The summed E-state index contributed by atoms with van der Waals surface area (Å²) in [6.45, 7) is 0. The average Bonchev–Trinajstić information content (AvgIpc) is 2.46. The quantitative estimate of drug-likeness (QED) is 0.827. The van der Waals surface area contributed by atoms with Gasteiger partial charge >= 0.3 is 0 Å². The molecule has 1 heterocycles. The second-order valence-electron chi connectivity index (χ2n) is 3.60. The third kappa shape index (κ3) is 2.11. The summed E-state index contributed by atoms with van der Waals surface area (Å²) in [4.78, 5) is 4.04. The highest BCUT2D eigenvalue weighted by atomic mass is 16.5. The molecule has 0 saturated carbocycles. The molecule has 0 fully saturated rings. The Bertz CT molecular complexity index is 603. The van der Waals surface area contributed by atoms with Crippen LogP contribution < -0.4 is 9.47 Å². The average molecular weight is 240 g/mol. The molecular weight excluding hydrogens is 228 g/mol. The van der Waals surface area contributed by atoms with E-state index >= 15 is 0 Å². The Morgan fingerprint density at radius 3 is 2.56 bits per heavy atom. The van der Waals surface area contributed by atoms with E-state index in [4.69, 9.17) is 14.7 Å². The van der Waals surface area contributed by atoms with Gasteiger partial charge in [0.2, 0.25) is 0 Å². The van der Waals surface area contributed by atoms with Gasteiger partial charge in [0.15, 0.2) is 11.5 Å². The molecule has 1 aromatic carbocycles. The lowest BCUT2D eigenvalue weighted by Gasteiger charge is -2.10. The van der Waals surface area contributed by atoms with E-state index in [2.05, 4.69) is 11.1 Å². The Hall–Kier alpha value is -2.54. The standard InChI is InChI=1S/C14H12N2O2/c1-17-13-4-3-10(7-14(13)18-2)12-9-16-6-5-11(12)8-15/h3-7,9H,1-2H3. The fourth-order valence-electron chi connectivity index (χ4n) is 1.73. The van der Waals surface area contributed by atoms with Crippen molar-refractivity contribution in [3.8, 4) is 28.7 Å². The van der Waals surface area contributed by atoms with Crippen LogP contribution in [0.1, 0.15) is 5.56 Å². The molecule has 0 spiro atoms. The minimum absolute atomic E-state index is 0.581. The molecule has 2 aromatic rings. The Balaban J connectivity index is 2.55. The highest BCUT2D eigenvalue weighted by Crippen LogP contribution is 2.33. The molecule has 0 aliphatic carbocycles. The van der Waals surface area contributed by atoms with Gasteiger partial charge in [-0.15, -0.1) is 0 Å². The van der Waals surface area contributed by atoms with Crippen LogP contribution in [0.3, 0.4) is 0 Å². The summed E-state index contributed by atoms with van der Waals surface area (Å²) in [5.41, 5.74) is 2.23. The predicted molar refractivity (Wildman–Crippen MR) is 67.5 cm³/mol. The van der Waals surface area contributed by atoms with Gasteiger partial charge in [0.25, 0.3) is 0 Å². The summed E-state index contributed by atoms with van der Waals surface area (Å²) < 4.78 is 10.4. The molecule has 4 heteroatoms. The Morgan fingerprint density at radius 2 is 1.89 bits per heavy atom. The van der Waals surface area contributed by atoms with E-state index in [9.17, 15) is 0 Å². The molecule has 90 valence electrons. The van der Waals surface area contributed by atoms with Crippen molar-refractivity contribution in [2.24, 2.45) is 0 Å². The fraction of sp³-hybridized carbons (Fsp3) is 0.143. The summed E-state index contributed by atoms with van der Waals surface area (Å²) >= 11 is 0. The maximum atomic E-state index is 9.07. The van der Waals surface area contributed by atoms with Crippen LogP contribution in [0.2, 0.25) is 0 Å². The zero-order valence-electron chi connectivity index (χ0n) is 10.2. The van der Waals surface area contributed by atoms with Crippen LogP contribution >= 0.6 is 0 Å². The number of aromatic nitrogens is 1. The predicted octanol–water partition coefficient (Wildman–Crippen LogP) is 2.64. The molecule has 0 bridgehead atoms. The molecule has 0 saturated heterocycles. The van der Waals surface area contributed by atoms with Crippen LogP contribution in [-0.2, 0) is 0 Å². The number of rotatable bonds is 3. The van der Waals surface area contributed by atoms with Crippen molar-refractivity contribution in [1.29, 1.82) is 5.26 Å². The van der Waals surface area contributed by atoms with Gasteiger partial charge in [-0.25, -0.2) is 0 Å². The van der Waals surface area contributed by atoms with Gasteiger partial charge in [-0.05, 0) is 23.8 Å². The van der Waals surface area contributed by atoms with E-state index in [1.54, 1.807) is 32.7 Å². The lowest BCUT2D eigenvalue weighted by molar-refractivity contribution is 0.355. The Labute approximate surface area is 105 Å². The van der Waals surface area contributed by atoms with Crippen LogP contribution in [0.25, 0.3) is 11.1 Å². The molecule has 0 radical (unpaired) electrons. The van der Waals surface area contributed by atoms with Gasteiger partial charge in [0.05, 0.1) is 25.9 Å². The largest absolute Gasteiger partial charge is 0.493 e. The van der Waals surface area contributed by atoms with Crippen LogP contribution in [0.5, 0.6) is 11.5 Å². The molecule has 1 aromatic heterocycles. The maximum Gasteiger partial charge on any atom is 0.161 e. The molecule has 0 aliphatic rings. The topological polar surface area (TPSA) is 55.1 Å². The first-order valence-corrected chi connectivity index (χ1v) is 5.36. The third-order valence-electron chi connectivity index (χ3n) is 2.64. The van der Waals surface area contributed by atoms with Crippen LogP contribution in [0.15, 0.2) is 36.7 Å². The lowest BCUT2D eigenvalue weighted by atomic mass is 10.0. The number of hydrogen-bond acceptors (Lipinski definition) is 4. The van der Waals surface area contributed by atoms with Gasteiger partial charge in [-0.1, -0.05) is 6.07 Å². The van der Waals surface area contributed by atoms with Crippen molar-refractivity contribution in [1.82, 2.24) is 4.98 Å². The van der Waals surface area contributed by atoms with E-state index in [1.807, 2.05) is 18.2 Å². The van der Waals surface area contributed by atoms with Gasteiger partial charge in [0, 0.05) is 18.0 Å². The zero-order chi connectivity index (χ0) is 13.0. The molecule has 18 heavy (non-hydrogen) atoms. The first-order valence-electron chi connectivity index (χ1n) is 5.36.